The van der Waals surface area contributed by atoms with Crippen LogP contribution in [0.5, 0.6) is 0 Å². The summed E-state index contributed by atoms with van der Waals surface area (Å²) in [6.45, 7) is 4.89. The fourth-order valence-corrected chi connectivity index (χ4v) is 10.3. The highest BCUT2D eigenvalue weighted by Crippen LogP contribution is 2.37. The minimum atomic E-state index is -2.13. The molecule has 1 aliphatic rings. The highest BCUT2D eigenvalue weighted by molar-refractivity contribution is 7.04. The Hall–Kier alpha value is -5.00. The minimum Gasteiger partial charge on any atom is -0.294 e. The predicted molar refractivity (Wildman–Crippen MR) is 173 cm³/mol. The zero-order valence-electron chi connectivity index (χ0n) is 22.8. The first-order valence-corrected chi connectivity index (χ1v) is 17.1. The van der Waals surface area contributed by atoms with Crippen molar-refractivity contribution in [3.8, 4) is 23.0 Å². The summed E-state index contributed by atoms with van der Waals surface area (Å²) in [6, 6.07) is 43.4. The van der Waals surface area contributed by atoms with Gasteiger partial charge in [-0.2, -0.15) is 4.98 Å². The van der Waals surface area contributed by atoms with Gasteiger partial charge in [0.25, 0.3) is 0 Å². The summed E-state index contributed by atoms with van der Waals surface area (Å²) < 4.78 is 4.64. The van der Waals surface area contributed by atoms with Crippen molar-refractivity contribution in [1.82, 2.24) is 19.1 Å². The fourth-order valence-electron chi connectivity index (χ4n) is 7.13. The molecule has 8 aromatic rings. The molecule has 5 heteroatoms. The molecular weight excluding hydrogens is 517 g/mol. The van der Waals surface area contributed by atoms with Crippen molar-refractivity contribution in [2.45, 2.75) is 13.1 Å². The number of hydrogen-bond donors (Lipinski definition) is 0. The summed E-state index contributed by atoms with van der Waals surface area (Å²) in [7, 11) is -2.13. The van der Waals surface area contributed by atoms with Crippen LogP contribution in [-0.2, 0) is 0 Å². The maximum atomic E-state index is 5.56. The Balaban J connectivity index is 1.49. The van der Waals surface area contributed by atoms with Gasteiger partial charge in [0.05, 0.1) is 27.8 Å². The second kappa shape index (κ2) is 8.02. The van der Waals surface area contributed by atoms with Gasteiger partial charge in [-0.1, -0.05) is 110 Å². The van der Waals surface area contributed by atoms with Crippen LogP contribution in [0.3, 0.4) is 0 Å². The number of rotatable bonds is 2. The van der Waals surface area contributed by atoms with Gasteiger partial charge in [-0.15, -0.1) is 0 Å². The van der Waals surface area contributed by atoms with Crippen LogP contribution in [0.4, 0.5) is 0 Å². The van der Waals surface area contributed by atoms with Gasteiger partial charge in [-0.05, 0) is 35.0 Å². The molecule has 0 unspecified atom stereocenters. The normalized spacial score (nSPS) is 13.8. The van der Waals surface area contributed by atoms with Gasteiger partial charge in [0.2, 0.25) is 5.95 Å². The third-order valence-corrected chi connectivity index (χ3v) is 12.4. The van der Waals surface area contributed by atoms with Crippen molar-refractivity contribution in [1.29, 1.82) is 0 Å². The van der Waals surface area contributed by atoms with Gasteiger partial charge in [0, 0.05) is 26.7 Å². The highest BCUT2D eigenvalue weighted by Gasteiger charge is 2.42. The van der Waals surface area contributed by atoms with Crippen molar-refractivity contribution in [2.75, 3.05) is 0 Å². The summed E-state index contributed by atoms with van der Waals surface area (Å²) in [5.41, 5.74) is 6.88. The van der Waals surface area contributed by atoms with Crippen LogP contribution in [0.2, 0.25) is 13.1 Å². The van der Waals surface area contributed by atoms with E-state index in [1.54, 1.807) is 0 Å². The molecule has 4 nitrogen and oxygen atoms in total. The predicted octanol–water partition coefficient (Wildman–Crippen LogP) is 7.47. The molecule has 0 radical (unpaired) electrons. The fraction of sp³-hybridized carbons (Fsp3) is 0.0556. The van der Waals surface area contributed by atoms with Gasteiger partial charge in [-0.25, -0.2) is 4.98 Å². The number of fused-ring (bicyclic) bond motifs is 9. The first-order valence-electron chi connectivity index (χ1n) is 14.1. The van der Waals surface area contributed by atoms with Crippen LogP contribution < -0.4 is 10.4 Å². The smallest absolute Gasteiger partial charge is 0.237 e. The molecule has 0 fully saturated rings. The van der Waals surface area contributed by atoms with Crippen LogP contribution in [0, 0.1) is 0 Å². The van der Waals surface area contributed by atoms with E-state index in [2.05, 4.69) is 144 Å². The van der Waals surface area contributed by atoms with Gasteiger partial charge >= 0.3 is 0 Å². The Morgan fingerprint density at radius 2 is 0.927 bits per heavy atom. The van der Waals surface area contributed by atoms with E-state index in [1.165, 1.54) is 48.5 Å². The molecule has 194 valence electrons. The SMILES string of the molecule is C[Si]1(C)c2ccccc2-c2nc(-n3c4ccccc4c4ccccc43)nc(-n3c4ccccc4c4ccccc43)c21. The van der Waals surface area contributed by atoms with Crippen molar-refractivity contribution in [3.63, 3.8) is 0 Å². The average molecular weight is 543 g/mol. The van der Waals surface area contributed by atoms with E-state index in [0.717, 1.165) is 22.5 Å². The summed E-state index contributed by atoms with van der Waals surface area (Å²) in [5.74, 6) is 1.71. The van der Waals surface area contributed by atoms with Gasteiger partial charge < -0.3 is 0 Å². The Bertz CT molecular complexity index is 2250. The van der Waals surface area contributed by atoms with Crippen molar-refractivity contribution in [2.24, 2.45) is 0 Å². The van der Waals surface area contributed by atoms with Crippen molar-refractivity contribution in [3.05, 3.63) is 121 Å². The Kier molecular flexibility index (Phi) is 4.46. The van der Waals surface area contributed by atoms with Gasteiger partial charge in [-0.3, -0.25) is 9.13 Å². The molecule has 0 N–H and O–H groups in total. The molecule has 1 aliphatic heterocycles. The van der Waals surface area contributed by atoms with Gasteiger partial charge in [0.1, 0.15) is 13.9 Å². The van der Waals surface area contributed by atoms with Crippen LogP contribution in [0.15, 0.2) is 121 Å². The molecule has 0 aliphatic carbocycles. The topological polar surface area (TPSA) is 35.6 Å². The highest BCUT2D eigenvalue weighted by atomic mass is 28.3. The molecule has 9 rings (SSSR count). The lowest BCUT2D eigenvalue weighted by Crippen LogP contribution is -2.51. The zero-order valence-corrected chi connectivity index (χ0v) is 23.8. The molecular formula is C36H26N4Si. The van der Waals surface area contributed by atoms with E-state index in [9.17, 15) is 0 Å². The van der Waals surface area contributed by atoms with E-state index >= 15 is 0 Å². The molecule has 3 aromatic heterocycles. The Morgan fingerprint density at radius 1 is 0.488 bits per heavy atom. The lowest BCUT2D eigenvalue weighted by atomic mass is 10.1. The quantitative estimate of drug-likeness (QED) is 0.212. The van der Waals surface area contributed by atoms with E-state index in [1.807, 2.05) is 0 Å². The van der Waals surface area contributed by atoms with E-state index in [0.29, 0.717) is 5.95 Å². The second-order valence-corrected chi connectivity index (χ2v) is 15.8. The largest absolute Gasteiger partial charge is 0.294 e. The first-order chi connectivity index (χ1) is 20.1. The summed E-state index contributed by atoms with van der Waals surface area (Å²) in [6.07, 6.45) is 0. The second-order valence-electron chi connectivity index (χ2n) is 11.5. The van der Waals surface area contributed by atoms with E-state index in [4.69, 9.17) is 9.97 Å². The number of benzene rings is 5. The summed E-state index contributed by atoms with van der Waals surface area (Å²) in [5, 5.41) is 7.62. The van der Waals surface area contributed by atoms with Crippen LogP contribution in [0.1, 0.15) is 0 Å². The molecule has 0 amide bonds. The van der Waals surface area contributed by atoms with Crippen LogP contribution in [-0.4, -0.2) is 27.2 Å². The molecule has 0 atom stereocenters. The zero-order chi connectivity index (χ0) is 27.3. The molecule has 0 bridgehead atoms. The Morgan fingerprint density at radius 3 is 1.46 bits per heavy atom. The third kappa shape index (κ3) is 2.93. The van der Waals surface area contributed by atoms with E-state index in [-0.39, 0.29) is 0 Å². The molecule has 0 saturated heterocycles. The Labute approximate surface area is 238 Å². The van der Waals surface area contributed by atoms with Gasteiger partial charge in [0.15, 0.2) is 0 Å². The average Bonchev–Trinajstić information content (AvgIpc) is 3.61. The summed E-state index contributed by atoms with van der Waals surface area (Å²) >= 11 is 0. The molecule has 41 heavy (non-hydrogen) atoms. The monoisotopic (exact) mass is 542 g/mol. The lowest BCUT2D eigenvalue weighted by Gasteiger charge is -2.23. The number of hydrogen-bond acceptors (Lipinski definition) is 2. The summed E-state index contributed by atoms with van der Waals surface area (Å²) in [4.78, 5) is 11.0. The number of para-hydroxylation sites is 4. The minimum absolute atomic E-state index is 0.708. The van der Waals surface area contributed by atoms with Crippen LogP contribution in [0.25, 0.3) is 66.6 Å². The standard InChI is InChI=1S/C36H26N4Si/c1-41(2)32-22-12-7-17-27(32)33-34(41)35(39-28-18-8-3-13-23(28)24-14-4-9-19-29(24)39)38-36(37-33)40-30-20-10-5-15-25(30)26-16-6-11-21-31(26)40/h3-22H,1-2H3. The van der Waals surface area contributed by atoms with E-state index < -0.39 is 8.07 Å². The molecule has 0 saturated carbocycles. The third-order valence-electron chi connectivity index (χ3n) is 8.93. The molecule has 0 spiro atoms. The van der Waals surface area contributed by atoms with Crippen molar-refractivity contribution >= 4 is 62.1 Å². The molecule has 4 heterocycles. The number of nitrogens with zero attached hydrogens (tertiary/aromatic N) is 4. The maximum Gasteiger partial charge on any atom is 0.237 e. The van der Waals surface area contributed by atoms with Crippen LogP contribution >= 0.6 is 0 Å². The lowest BCUT2D eigenvalue weighted by molar-refractivity contribution is 0.961. The van der Waals surface area contributed by atoms with Crippen molar-refractivity contribution < 1.29 is 0 Å². The molecule has 5 aromatic carbocycles. The maximum absolute atomic E-state index is 5.56. The number of aromatic nitrogens is 4. The first kappa shape index (κ1) is 22.8.